The molecular formula is C22H27NO4. The van der Waals surface area contributed by atoms with E-state index < -0.39 is 0 Å². The van der Waals surface area contributed by atoms with E-state index in [1.165, 1.54) is 17.2 Å². The number of carbonyl (C=O) groups excluding carboxylic acids is 1. The highest BCUT2D eigenvalue weighted by atomic mass is 16.5. The van der Waals surface area contributed by atoms with Crippen LogP contribution in [-0.4, -0.2) is 33.8 Å². The number of hydrogen-bond acceptors (Lipinski definition) is 4. The average Bonchev–Trinajstić information content (AvgIpc) is 2.68. The van der Waals surface area contributed by atoms with E-state index in [0.29, 0.717) is 23.8 Å². The highest BCUT2D eigenvalue weighted by molar-refractivity contribution is 5.92. The zero-order chi connectivity index (χ0) is 19.6. The van der Waals surface area contributed by atoms with Crippen LogP contribution in [-0.2, 0) is 11.2 Å². The highest BCUT2D eigenvalue weighted by Crippen LogP contribution is 2.40. The summed E-state index contributed by atoms with van der Waals surface area (Å²) in [5, 5.41) is 2.90. The van der Waals surface area contributed by atoms with Crippen LogP contribution in [0, 0.1) is 6.92 Å². The fraction of sp³-hybridized carbons (Fsp3) is 0.318. The summed E-state index contributed by atoms with van der Waals surface area (Å²) in [6.07, 6.45) is 5.03. The molecule has 0 aliphatic rings. The van der Waals surface area contributed by atoms with Crippen LogP contribution in [0.4, 0.5) is 0 Å². The quantitative estimate of drug-likeness (QED) is 0.540. The van der Waals surface area contributed by atoms with Gasteiger partial charge in [0, 0.05) is 18.2 Å². The van der Waals surface area contributed by atoms with Gasteiger partial charge in [0.2, 0.25) is 11.7 Å². The molecule has 0 aliphatic heterocycles. The Labute approximate surface area is 161 Å². The monoisotopic (exact) mass is 369 g/mol. The van der Waals surface area contributed by atoms with Crippen molar-refractivity contribution in [2.45, 2.75) is 19.8 Å². The highest BCUT2D eigenvalue weighted by Gasteiger charge is 2.14. The third-order valence-electron chi connectivity index (χ3n) is 4.17. The summed E-state index contributed by atoms with van der Waals surface area (Å²) in [6.45, 7) is 2.71. The number of carbonyl (C=O) groups is 1. The van der Waals surface area contributed by atoms with Crippen LogP contribution in [0.1, 0.15) is 23.1 Å². The maximum atomic E-state index is 12.1. The van der Waals surface area contributed by atoms with Crippen LogP contribution in [0.15, 0.2) is 42.5 Å². The summed E-state index contributed by atoms with van der Waals surface area (Å²) >= 11 is 0. The normalized spacial score (nSPS) is 10.7. The van der Waals surface area contributed by atoms with E-state index in [-0.39, 0.29) is 5.91 Å². The van der Waals surface area contributed by atoms with Gasteiger partial charge in [-0.2, -0.15) is 0 Å². The molecule has 5 heteroatoms. The zero-order valence-electron chi connectivity index (χ0n) is 16.4. The van der Waals surface area contributed by atoms with Crippen molar-refractivity contribution in [1.82, 2.24) is 5.32 Å². The maximum Gasteiger partial charge on any atom is 0.244 e. The lowest BCUT2D eigenvalue weighted by molar-refractivity contribution is -0.116. The van der Waals surface area contributed by atoms with Gasteiger partial charge in [-0.1, -0.05) is 29.8 Å². The minimum absolute atomic E-state index is 0.143. The standard InChI is InChI=1S/C22H27NO4/c1-16-7-5-8-17(15-16)9-6-14-23-20(24)13-11-18-10-12-19(25-2)22(27-4)21(18)26-3/h5,7-8,10-13,15H,6,9,14H2,1-4H3,(H,23,24)/b13-11+. The molecule has 0 unspecified atom stereocenters. The van der Waals surface area contributed by atoms with Crippen molar-refractivity contribution < 1.29 is 19.0 Å². The minimum atomic E-state index is -0.143. The molecule has 2 rings (SSSR count). The van der Waals surface area contributed by atoms with Gasteiger partial charge in [-0.15, -0.1) is 0 Å². The van der Waals surface area contributed by atoms with Gasteiger partial charge in [0.15, 0.2) is 11.5 Å². The third kappa shape index (κ3) is 5.78. The first-order chi connectivity index (χ1) is 13.1. The van der Waals surface area contributed by atoms with Gasteiger partial charge in [0.25, 0.3) is 0 Å². The number of aryl methyl sites for hydroxylation is 2. The van der Waals surface area contributed by atoms with Crippen molar-refractivity contribution in [1.29, 1.82) is 0 Å². The van der Waals surface area contributed by atoms with E-state index in [1.807, 2.05) is 6.07 Å². The smallest absolute Gasteiger partial charge is 0.244 e. The number of amides is 1. The van der Waals surface area contributed by atoms with Crippen molar-refractivity contribution in [3.63, 3.8) is 0 Å². The Bertz CT molecular complexity index is 799. The molecule has 0 bridgehead atoms. The number of hydrogen-bond donors (Lipinski definition) is 1. The molecule has 0 aromatic heterocycles. The van der Waals surface area contributed by atoms with Crippen molar-refractivity contribution in [2.24, 2.45) is 0 Å². The second-order valence-corrected chi connectivity index (χ2v) is 6.14. The van der Waals surface area contributed by atoms with Crippen molar-refractivity contribution in [3.05, 3.63) is 59.2 Å². The van der Waals surface area contributed by atoms with E-state index in [0.717, 1.165) is 18.4 Å². The molecule has 0 saturated heterocycles. The SMILES string of the molecule is COc1ccc(/C=C/C(=O)NCCCc2cccc(C)c2)c(OC)c1OC. The van der Waals surface area contributed by atoms with Gasteiger partial charge < -0.3 is 19.5 Å². The summed E-state index contributed by atoms with van der Waals surface area (Å²) in [5.41, 5.74) is 3.28. The van der Waals surface area contributed by atoms with Crippen LogP contribution in [0.25, 0.3) is 6.08 Å². The Morgan fingerprint density at radius 3 is 2.48 bits per heavy atom. The molecule has 0 radical (unpaired) electrons. The fourth-order valence-electron chi connectivity index (χ4n) is 2.85. The summed E-state index contributed by atoms with van der Waals surface area (Å²) in [6, 6.07) is 12.0. The predicted octanol–water partition coefficient (Wildman–Crippen LogP) is 3.78. The molecule has 2 aromatic rings. The minimum Gasteiger partial charge on any atom is -0.493 e. The Morgan fingerprint density at radius 2 is 1.81 bits per heavy atom. The first-order valence-corrected chi connectivity index (χ1v) is 8.89. The van der Waals surface area contributed by atoms with E-state index >= 15 is 0 Å². The predicted molar refractivity (Wildman–Crippen MR) is 108 cm³/mol. The molecule has 2 aromatic carbocycles. The fourth-order valence-corrected chi connectivity index (χ4v) is 2.85. The molecule has 0 saturated carbocycles. The average molecular weight is 369 g/mol. The van der Waals surface area contributed by atoms with Gasteiger partial charge >= 0.3 is 0 Å². The summed E-state index contributed by atoms with van der Waals surface area (Å²) < 4.78 is 16.0. The van der Waals surface area contributed by atoms with Gasteiger partial charge in [0.1, 0.15) is 0 Å². The topological polar surface area (TPSA) is 56.8 Å². The molecule has 5 nitrogen and oxygen atoms in total. The number of rotatable bonds is 9. The largest absolute Gasteiger partial charge is 0.493 e. The zero-order valence-corrected chi connectivity index (χ0v) is 16.4. The lowest BCUT2D eigenvalue weighted by Crippen LogP contribution is -2.22. The Hall–Kier alpha value is -2.95. The molecule has 1 N–H and O–H groups in total. The number of methoxy groups -OCH3 is 3. The van der Waals surface area contributed by atoms with E-state index in [2.05, 4.69) is 36.5 Å². The molecule has 0 fully saturated rings. The lowest BCUT2D eigenvalue weighted by atomic mass is 10.1. The lowest BCUT2D eigenvalue weighted by Gasteiger charge is -2.13. The number of nitrogens with one attached hydrogen (secondary N) is 1. The molecule has 0 spiro atoms. The summed E-state index contributed by atoms with van der Waals surface area (Å²) in [5.74, 6) is 1.46. The number of benzene rings is 2. The van der Waals surface area contributed by atoms with E-state index in [4.69, 9.17) is 14.2 Å². The van der Waals surface area contributed by atoms with E-state index in [9.17, 15) is 4.79 Å². The van der Waals surface area contributed by atoms with Crippen LogP contribution < -0.4 is 19.5 Å². The Balaban J connectivity index is 1.90. The molecule has 27 heavy (non-hydrogen) atoms. The third-order valence-corrected chi connectivity index (χ3v) is 4.17. The first kappa shape index (κ1) is 20.4. The molecule has 0 atom stereocenters. The maximum absolute atomic E-state index is 12.1. The van der Waals surface area contributed by atoms with Crippen LogP contribution in [0.2, 0.25) is 0 Å². The van der Waals surface area contributed by atoms with Gasteiger partial charge in [-0.05, 0) is 43.5 Å². The van der Waals surface area contributed by atoms with Gasteiger partial charge in [-0.3, -0.25) is 4.79 Å². The number of ether oxygens (including phenoxy) is 3. The molecule has 144 valence electrons. The van der Waals surface area contributed by atoms with Crippen molar-refractivity contribution in [3.8, 4) is 17.2 Å². The molecule has 0 heterocycles. The molecule has 0 aliphatic carbocycles. The second kappa shape index (κ2) is 10.3. The first-order valence-electron chi connectivity index (χ1n) is 8.89. The van der Waals surface area contributed by atoms with Gasteiger partial charge in [-0.25, -0.2) is 0 Å². The Morgan fingerprint density at radius 1 is 1.04 bits per heavy atom. The molecular weight excluding hydrogens is 342 g/mol. The van der Waals surface area contributed by atoms with Gasteiger partial charge in [0.05, 0.1) is 21.3 Å². The molecule has 1 amide bonds. The van der Waals surface area contributed by atoms with Crippen molar-refractivity contribution >= 4 is 12.0 Å². The summed E-state index contributed by atoms with van der Waals surface area (Å²) in [7, 11) is 4.67. The second-order valence-electron chi connectivity index (χ2n) is 6.14. The van der Waals surface area contributed by atoms with Crippen molar-refractivity contribution in [2.75, 3.05) is 27.9 Å². The van der Waals surface area contributed by atoms with Crippen LogP contribution in [0.3, 0.4) is 0 Å². The van der Waals surface area contributed by atoms with E-state index in [1.54, 1.807) is 33.5 Å². The van der Waals surface area contributed by atoms with Crippen LogP contribution in [0.5, 0.6) is 17.2 Å². The summed E-state index contributed by atoms with van der Waals surface area (Å²) in [4.78, 5) is 12.1. The van der Waals surface area contributed by atoms with Crippen LogP contribution >= 0.6 is 0 Å². The Kier molecular flexibility index (Phi) is 7.74.